The van der Waals surface area contributed by atoms with E-state index in [9.17, 15) is 13.2 Å². The summed E-state index contributed by atoms with van der Waals surface area (Å²) >= 11 is 16.1. The molecule has 0 aliphatic carbocycles. The summed E-state index contributed by atoms with van der Waals surface area (Å²) in [5.41, 5.74) is 0.805. The van der Waals surface area contributed by atoms with Crippen molar-refractivity contribution in [3.63, 3.8) is 0 Å². The lowest BCUT2D eigenvalue weighted by Crippen LogP contribution is -1.98. The van der Waals surface area contributed by atoms with Crippen LogP contribution in [0.2, 0.25) is 8.67 Å². The summed E-state index contributed by atoms with van der Waals surface area (Å²) in [6.07, 6.45) is 0. The van der Waals surface area contributed by atoms with Gasteiger partial charge in [0.05, 0.1) is 13.5 Å². The van der Waals surface area contributed by atoms with Crippen LogP contribution in [0.1, 0.15) is 16.0 Å². The summed E-state index contributed by atoms with van der Waals surface area (Å²) < 4.78 is 40.0. The van der Waals surface area contributed by atoms with Gasteiger partial charge in [0, 0.05) is 5.56 Å². The Kier molecular flexibility index (Phi) is 4.26. The van der Waals surface area contributed by atoms with Crippen LogP contribution in [-0.2, 0) is 0 Å². The zero-order valence-electron chi connectivity index (χ0n) is 8.49. The van der Waals surface area contributed by atoms with Gasteiger partial charge in [-0.3, -0.25) is 0 Å². The van der Waals surface area contributed by atoms with Crippen molar-refractivity contribution in [3.05, 3.63) is 55.5 Å². The Morgan fingerprint density at radius 2 is 1.61 bits per heavy atom. The lowest BCUT2D eigenvalue weighted by Gasteiger charge is -2.10. The van der Waals surface area contributed by atoms with E-state index in [0.717, 1.165) is 23.5 Å². The van der Waals surface area contributed by atoms with Crippen LogP contribution in [-0.4, -0.2) is 0 Å². The molecule has 96 valence electrons. The zero-order chi connectivity index (χ0) is 13.4. The van der Waals surface area contributed by atoms with Gasteiger partial charge >= 0.3 is 0 Å². The molecule has 2 aromatic rings. The second-order valence-electron chi connectivity index (χ2n) is 3.44. The maximum Gasteiger partial charge on any atom is 0.194 e. The fourth-order valence-corrected chi connectivity index (χ4v) is 3.87. The normalized spacial score (nSPS) is 12.8. The fraction of sp³-hybridized carbons (Fsp3) is 0.0909. The van der Waals surface area contributed by atoms with E-state index in [-0.39, 0.29) is 5.56 Å². The highest BCUT2D eigenvalue weighted by atomic mass is 79.9. The molecular weight excluding hydrogens is 372 g/mol. The molecular formula is C11H4BrCl2F3S. The standard InChI is InChI=1S/C11H4BrCl2F3S/c12-9(5-3-8(13)18-11(5)14)4-1-6(15)10(17)7(16)2-4/h1-3,9H. The summed E-state index contributed by atoms with van der Waals surface area (Å²) in [5.74, 6) is -3.98. The van der Waals surface area contributed by atoms with E-state index in [1.807, 2.05) is 0 Å². The van der Waals surface area contributed by atoms with Crippen LogP contribution in [0.15, 0.2) is 18.2 Å². The molecule has 2 rings (SSSR count). The average molecular weight is 376 g/mol. The Hall–Kier alpha value is -0.230. The highest BCUT2D eigenvalue weighted by Crippen LogP contribution is 2.41. The van der Waals surface area contributed by atoms with E-state index in [1.165, 1.54) is 0 Å². The van der Waals surface area contributed by atoms with Crippen molar-refractivity contribution in [1.82, 2.24) is 0 Å². The van der Waals surface area contributed by atoms with Crippen LogP contribution in [0.3, 0.4) is 0 Å². The van der Waals surface area contributed by atoms with Crippen molar-refractivity contribution < 1.29 is 13.2 Å². The van der Waals surface area contributed by atoms with Crippen molar-refractivity contribution in [2.45, 2.75) is 4.83 Å². The van der Waals surface area contributed by atoms with Crippen LogP contribution in [0, 0.1) is 17.5 Å². The van der Waals surface area contributed by atoms with Gasteiger partial charge in [-0.25, -0.2) is 13.2 Å². The Labute approximate surface area is 123 Å². The summed E-state index contributed by atoms with van der Waals surface area (Å²) in [5, 5.41) is 0. The van der Waals surface area contributed by atoms with Crippen LogP contribution in [0.5, 0.6) is 0 Å². The van der Waals surface area contributed by atoms with Gasteiger partial charge in [0.25, 0.3) is 0 Å². The largest absolute Gasteiger partial charge is 0.204 e. The third-order valence-electron chi connectivity index (χ3n) is 2.25. The van der Waals surface area contributed by atoms with E-state index in [0.29, 0.717) is 14.2 Å². The first-order valence-electron chi connectivity index (χ1n) is 4.63. The van der Waals surface area contributed by atoms with E-state index < -0.39 is 22.3 Å². The molecule has 1 heterocycles. The van der Waals surface area contributed by atoms with Gasteiger partial charge in [0.1, 0.15) is 0 Å². The van der Waals surface area contributed by atoms with Crippen LogP contribution < -0.4 is 0 Å². The first kappa shape index (κ1) is 14.2. The van der Waals surface area contributed by atoms with Gasteiger partial charge in [-0.05, 0) is 23.8 Å². The van der Waals surface area contributed by atoms with Crippen molar-refractivity contribution in [2.24, 2.45) is 0 Å². The lowest BCUT2D eigenvalue weighted by molar-refractivity contribution is 0.445. The monoisotopic (exact) mass is 374 g/mol. The molecule has 1 atom stereocenters. The smallest absolute Gasteiger partial charge is 0.194 e. The van der Waals surface area contributed by atoms with Gasteiger partial charge in [-0.15, -0.1) is 11.3 Å². The molecule has 0 aliphatic rings. The first-order chi connectivity index (χ1) is 8.40. The summed E-state index contributed by atoms with van der Waals surface area (Å²) in [7, 11) is 0. The maximum atomic E-state index is 13.1. The maximum absolute atomic E-state index is 13.1. The molecule has 0 amide bonds. The third-order valence-corrected chi connectivity index (χ3v) is 4.79. The van der Waals surface area contributed by atoms with Crippen molar-refractivity contribution in [1.29, 1.82) is 0 Å². The Morgan fingerprint density at radius 3 is 2.06 bits per heavy atom. The van der Waals surface area contributed by atoms with Gasteiger partial charge in [-0.1, -0.05) is 39.1 Å². The highest BCUT2D eigenvalue weighted by molar-refractivity contribution is 9.09. The molecule has 0 N–H and O–H groups in total. The Balaban J connectivity index is 2.46. The third kappa shape index (κ3) is 2.69. The molecule has 0 bridgehead atoms. The number of hydrogen-bond acceptors (Lipinski definition) is 1. The highest BCUT2D eigenvalue weighted by Gasteiger charge is 2.20. The second kappa shape index (κ2) is 5.41. The molecule has 1 aromatic heterocycles. The van der Waals surface area contributed by atoms with Crippen LogP contribution >= 0.6 is 50.5 Å². The van der Waals surface area contributed by atoms with E-state index in [4.69, 9.17) is 23.2 Å². The van der Waals surface area contributed by atoms with Crippen molar-refractivity contribution in [2.75, 3.05) is 0 Å². The molecule has 1 aromatic carbocycles. The van der Waals surface area contributed by atoms with Gasteiger partial charge in [0.15, 0.2) is 17.5 Å². The molecule has 0 aliphatic heterocycles. The van der Waals surface area contributed by atoms with E-state index in [1.54, 1.807) is 6.07 Å². The predicted molar refractivity (Wildman–Crippen MR) is 71.4 cm³/mol. The van der Waals surface area contributed by atoms with Crippen molar-refractivity contribution in [3.8, 4) is 0 Å². The van der Waals surface area contributed by atoms with Crippen LogP contribution in [0.25, 0.3) is 0 Å². The predicted octanol–water partition coefficient (Wildman–Crippen LogP) is 5.96. The molecule has 0 fully saturated rings. The number of hydrogen-bond donors (Lipinski definition) is 0. The van der Waals surface area contributed by atoms with E-state index in [2.05, 4.69) is 15.9 Å². The molecule has 7 heteroatoms. The number of alkyl halides is 1. The van der Waals surface area contributed by atoms with Crippen molar-refractivity contribution >= 4 is 50.5 Å². The molecule has 0 saturated carbocycles. The minimum atomic E-state index is -1.49. The number of halogens is 6. The topological polar surface area (TPSA) is 0 Å². The van der Waals surface area contributed by atoms with Gasteiger partial charge in [0.2, 0.25) is 0 Å². The van der Waals surface area contributed by atoms with Gasteiger partial charge in [-0.2, -0.15) is 0 Å². The molecule has 0 saturated heterocycles. The summed E-state index contributed by atoms with van der Waals surface area (Å²) in [4.78, 5) is -0.557. The average Bonchev–Trinajstić information content (AvgIpc) is 2.63. The number of rotatable bonds is 2. The molecule has 0 spiro atoms. The zero-order valence-corrected chi connectivity index (χ0v) is 12.4. The SMILES string of the molecule is Fc1cc(C(Br)c2cc(Cl)sc2Cl)cc(F)c1F. The fourth-order valence-electron chi connectivity index (χ4n) is 1.43. The molecule has 0 nitrogen and oxygen atoms in total. The molecule has 1 unspecified atom stereocenters. The second-order valence-corrected chi connectivity index (χ2v) is 6.64. The lowest BCUT2D eigenvalue weighted by atomic mass is 10.1. The van der Waals surface area contributed by atoms with Gasteiger partial charge < -0.3 is 0 Å². The molecule has 18 heavy (non-hydrogen) atoms. The number of thiophene rings is 1. The van der Waals surface area contributed by atoms with E-state index >= 15 is 0 Å². The first-order valence-corrected chi connectivity index (χ1v) is 7.12. The Morgan fingerprint density at radius 1 is 1.06 bits per heavy atom. The minimum absolute atomic E-state index is 0.225. The molecule has 0 radical (unpaired) electrons. The summed E-state index contributed by atoms with van der Waals surface area (Å²) in [6.45, 7) is 0. The number of benzene rings is 1. The van der Waals surface area contributed by atoms with Crippen LogP contribution in [0.4, 0.5) is 13.2 Å². The minimum Gasteiger partial charge on any atom is -0.204 e. The summed E-state index contributed by atoms with van der Waals surface area (Å²) in [6, 6.07) is 3.42. The Bertz CT molecular complexity index is 577. The quantitative estimate of drug-likeness (QED) is 0.449.